The van der Waals surface area contributed by atoms with Gasteiger partial charge in [0.25, 0.3) is 0 Å². The SMILES string of the molecule is COCC(CNCc1nnnn1-c1ccccc1)OC. The molecule has 2 aromatic rings. The third kappa shape index (κ3) is 3.83. The molecule has 0 aliphatic carbocycles. The van der Waals surface area contributed by atoms with E-state index >= 15 is 0 Å². The molecular formula is C13H19N5O2. The number of para-hydroxylation sites is 1. The summed E-state index contributed by atoms with van der Waals surface area (Å²) in [5.41, 5.74) is 0.939. The summed E-state index contributed by atoms with van der Waals surface area (Å²) >= 11 is 0. The van der Waals surface area contributed by atoms with Crippen LogP contribution in [-0.4, -0.2) is 53.7 Å². The molecule has 20 heavy (non-hydrogen) atoms. The molecule has 0 aliphatic heterocycles. The summed E-state index contributed by atoms with van der Waals surface area (Å²) in [4.78, 5) is 0. The Kier molecular flexibility index (Phi) is 5.60. The van der Waals surface area contributed by atoms with Gasteiger partial charge in [-0.05, 0) is 22.6 Å². The van der Waals surface area contributed by atoms with E-state index in [9.17, 15) is 0 Å². The van der Waals surface area contributed by atoms with Crippen LogP contribution >= 0.6 is 0 Å². The van der Waals surface area contributed by atoms with Crippen molar-refractivity contribution in [3.05, 3.63) is 36.2 Å². The topological polar surface area (TPSA) is 74.1 Å². The Hall–Kier alpha value is -1.83. The molecular weight excluding hydrogens is 258 g/mol. The van der Waals surface area contributed by atoms with Crippen LogP contribution in [0.1, 0.15) is 5.82 Å². The highest BCUT2D eigenvalue weighted by molar-refractivity contribution is 5.30. The van der Waals surface area contributed by atoms with Gasteiger partial charge in [0.1, 0.15) is 0 Å². The second-order valence-corrected chi connectivity index (χ2v) is 4.29. The van der Waals surface area contributed by atoms with Crippen LogP contribution in [0.4, 0.5) is 0 Å². The smallest absolute Gasteiger partial charge is 0.170 e. The largest absolute Gasteiger partial charge is 0.382 e. The number of hydrogen-bond acceptors (Lipinski definition) is 6. The Morgan fingerprint density at radius 1 is 1.25 bits per heavy atom. The quantitative estimate of drug-likeness (QED) is 0.753. The van der Waals surface area contributed by atoms with E-state index in [1.807, 2.05) is 30.3 Å². The Morgan fingerprint density at radius 2 is 2.05 bits per heavy atom. The Morgan fingerprint density at radius 3 is 2.75 bits per heavy atom. The van der Waals surface area contributed by atoms with Crippen LogP contribution in [0.25, 0.3) is 5.69 Å². The minimum atomic E-state index is 0.0149. The first-order valence-corrected chi connectivity index (χ1v) is 6.40. The highest BCUT2D eigenvalue weighted by Gasteiger charge is 2.10. The average molecular weight is 277 g/mol. The molecule has 1 heterocycles. The molecule has 7 heteroatoms. The maximum absolute atomic E-state index is 5.28. The average Bonchev–Trinajstić information content (AvgIpc) is 2.95. The van der Waals surface area contributed by atoms with Crippen molar-refractivity contribution in [3.63, 3.8) is 0 Å². The van der Waals surface area contributed by atoms with E-state index in [4.69, 9.17) is 9.47 Å². The summed E-state index contributed by atoms with van der Waals surface area (Å²) in [6.07, 6.45) is 0.0149. The fourth-order valence-corrected chi connectivity index (χ4v) is 1.83. The van der Waals surface area contributed by atoms with Gasteiger partial charge in [0, 0.05) is 20.8 Å². The molecule has 1 N–H and O–H groups in total. The minimum Gasteiger partial charge on any atom is -0.382 e. The molecule has 0 bridgehead atoms. The van der Waals surface area contributed by atoms with Crippen molar-refractivity contribution in [3.8, 4) is 5.69 Å². The molecule has 0 spiro atoms. The highest BCUT2D eigenvalue weighted by atomic mass is 16.5. The first kappa shape index (κ1) is 14.6. The number of nitrogens with one attached hydrogen (secondary N) is 1. The molecule has 0 amide bonds. The number of benzene rings is 1. The maximum atomic E-state index is 5.28. The zero-order chi connectivity index (χ0) is 14.2. The van der Waals surface area contributed by atoms with Crippen LogP contribution in [0.2, 0.25) is 0 Å². The molecule has 0 radical (unpaired) electrons. The maximum Gasteiger partial charge on any atom is 0.170 e. The van der Waals surface area contributed by atoms with Crippen LogP contribution in [0.5, 0.6) is 0 Å². The number of aromatic nitrogens is 4. The Bertz CT molecular complexity index is 502. The van der Waals surface area contributed by atoms with Crippen LogP contribution in [0, 0.1) is 0 Å². The van der Waals surface area contributed by atoms with Crippen molar-refractivity contribution in [2.45, 2.75) is 12.6 Å². The normalized spacial score (nSPS) is 12.5. The summed E-state index contributed by atoms with van der Waals surface area (Å²) in [5.74, 6) is 0.753. The second-order valence-electron chi connectivity index (χ2n) is 4.29. The standard InChI is InChI=1S/C13H19N5O2/c1-19-10-12(20-2)8-14-9-13-15-16-17-18(13)11-6-4-3-5-7-11/h3-7,12,14H,8-10H2,1-2H3. The van der Waals surface area contributed by atoms with Crippen molar-refractivity contribution < 1.29 is 9.47 Å². The van der Waals surface area contributed by atoms with Gasteiger partial charge in [-0.15, -0.1) is 5.10 Å². The lowest BCUT2D eigenvalue weighted by Crippen LogP contribution is -2.32. The van der Waals surface area contributed by atoms with Crippen molar-refractivity contribution in [2.24, 2.45) is 0 Å². The number of nitrogens with zero attached hydrogens (tertiary/aromatic N) is 4. The van der Waals surface area contributed by atoms with Crippen LogP contribution in [0.3, 0.4) is 0 Å². The first-order chi connectivity index (χ1) is 9.85. The van der Waals surface area contributed by atoms with Gasteiger partial charge in [0.15, 0.2) is 5.82 Å². The molecule has 1 aromatic heterocycles. The van der Waals surface area contributed by atoms with Gasteiger partial charge < -0.3 is 14.8 Å². The lowest BCUT2D eigenvalue weighted by atomic mass is 10.3. The molecule has 2 rings (SSSR count). The number of ether oxygens (including phenoxy) is 2. The van der Waals surface area contributed by atoms with Gasteiger partial charge in [-0.3, -0.25) is 0 Å². The van der Waals surface area contributed by atoms with Crippen LogP contribution in [0.15, 0.2) is 30.3 Å². The molecule has 0 saturated heterocycles. The van der Waals surface area contributed by atoms with Gasteiger partial charge in [0.2, 0.25) is 0 Å². The fourth-order valence-electron chi connectivity index (χ4n) is 1.83. The number of methoxy groups -OCH3 is 2. The molecule has 7 nitrogen and oxygen atoms in total. The molecule has 108 valence electrons. The van der Waals surface area contributed by atoms with E-state index in [-0.39, 0.29) is 6.10 Å². The molecule has 0 fully saturated rings. The molecule has 1 unspecified atom stereocenters. The molecule has 1 aromatic carbocycles. The van der Waals surface area contributed by atoms with Gasteiger partial charge in [-0.1, -0.05) is 18.2 Å². The summed E-state index contributed by atoms with van der Waals surface area (Å²) < 4.78 is 12.1. The van der Waals surface area contributed by atoms with Gasteiger partial charge >= 0.3 is 0 Å². The van der Waals surface area contributed by atoms with Gasteiger partial charge in [-0.2, -0.15) is 4.68 Å². The predicted octanol–water partition coefficient (Wildman–Crippen LogP) is 0.413. The predicted molar refractivity (Wildman–Crippen MR) is 73.5 cm³/mol. The Balaban J connectivity index is 1.93. The van der Waals surface area contributed by atoms with Crippen molar-refractivity contribution >= 4 is 0 Å². The minimum absolute atomic E-state index is 0.0149. The number of tetrazole rings is 1. The second kappa shape index (κ2) is 7.68. The van der Waals surface area contributed by atoms with Crippen LogP contribution in [-0.2, 0) is 16.0 Å². The third-order valence-corrected chi connectivity index (χ3v) is 2.88. The summed E-state index contributed by atoms with van der Waals surface area (Å²) in [7, 11) is 3.32. The van der Waals surface area contributed by atoms with Gasteiger partial charge in [0.05, 0.1) is 24.9 Å². The van der Waals surface area contributed by atoms with E-state index in [1.165, 1.54) is 0 Å². The van der Waals surface area contributed by atoms with Gasteiger partial charge in [-0.25, -0.2) is 0 Å². The lowest BCUT2D eigenvalue weighted by molar-refractivity contribution is 0.0287. The number of hydrogen-bond donors (Lipinski definition) is 1. The highest BCUT2D eigenvalue weighted by Crippen LogP contribution is 2.06. The van der Waals surface area contributed by atoms with Crippen LogP contribution < -0.4 is 5.32 Å². The fraction of sp³-hybridized carbons (Fsp3) is 0.462. The molecule has 1 atom stereocenters. The summed E-state index contributed by atoms with van der Waals surface area (Å²) in [6, 6.07) is 9.78. The first-order valence-electron chi connectivity index (χ1n) is 6.40. The monoisotopic (exact) mass is 277 g/mol. The van der Waals surface area contributed by atoms with E-state index in [2.05, 4.69) is 20.8 Å². The summed E-state index contributed by atoms with van der Waals surface area (Å²) in [5, 5.41) is 15.0. The third-order valence-electron chi connectivity index (χ3n) is 2.88. The van der Waals surface area contributed by atoms with Crippen molar-refractivity contribution in [1.29, 1.82) is 0 Å². The molecule has 0 aliphatic rings. The zero-order valence-corrected chi connectivity index (χ0v) is 11.7. The van der Waals surface area contributed by atoms with E-state index < -0.39 is 0 Å². The van der Waals surface area contributed by atoms with Crippen molar-refractivity contribution in [1.82, 2.24) is 25.5 Å². The molecule has 0 saturated carbocycles. The lowest BCUT2D eigenvalue weighted by Gasteiger charge is -2.14. The van der Waals surface area contributed by atoms with E-state index in [0.29, 0.717) is 19.7 Å². The summed E-state index contributed by atoms with van der Waals surface area (Å²) in [6.45, 7) is 1.78. The Labute approximate surface area is 117 Å². The van der Waals surface area contributed by atoms with Crippen molar-refractivity contribution in [2.75, 3.05) is 27.4 Å². The zero-order valence-electron chi connectivity index (χ0n) is 11.7. The van der Waals surface area contributed by atoms with E-state index in [0.717, 1.165) is 11.5 Å². The number of rotatable bonds is 8. The van der Waals surface area contributed by atoms with E-state index in [1.54, 1.807) is 18.9 Å².